The molecule has 0 spiro atoms. The maximum atomic E-state index is 11.8. The molecule has 2 N–H and O–H groups in total. The molecule has 2 aliphatic rings. The highest BCUT2D eigenvalue weighted by Gasteiger charge is 2.51. The summed E-state index contributed by atoms with van der Waals surface area (Å²) in [6, 6.07) is 0.574. The van der Waals surface area contributed by atoms with Gasteiger partial charge in [0.05, 0.1) is 0 Å². The standard InChI is InChI=1S/C10H18N2O4S.C2H6/c1-17(15,16)10(9(13)11-14)4-6-12(7-5-10)8-2-3-8;1-2/h8,14H,2-7H2,1H3,(H,11,13);1-2H3. The first kappa shape index (κ1) is 16.4. The molecule has 0 atom stereocenters. The van der Waals surface area contributed by atoms with E-state index in [9.17, 15) is 13.2 Å². The fourth-order valence-corrected chi connectivity index (χ4v) is 3.86. The van der Waals surface area contributed by atoms with Gasteiger partial charge in [0.1, 0.15) is 0 Å². The van der Waals surface area contributed by atoms with Crippen LogP contribution >= 0.6 is 0 Å². The Morgan fingerprint density at radius 1 is 1.26 bits per heavy atom. The van der Waals surface area contributed by atoms with Crippen molar-refractivity contribution in [2.24, 2.45) is 0 Å². The molecule has 7 heteroatoms. The van der Waals surface area contributed by atoms with Gasteiger partial charge >= 0.3 is 0 Å². The number of nitrogens with zero attached hydrogens (tertiary/aromatic N) is 1. The minimum atomic E-state index is -3.53. The van der Waals surface area contributed by atoms with Crippen LogP contribution in [0.5, 0.6) is 0 Å². The molecule has 112 valence electrons. The monoisotopic (exact) mass is 292 g/mol. The van der Waals surface area contributed by atoms with E-state index >= 15 is 0 Å². The van der Waals surface area contributed by atoms with Crippen LogP contribution in [0, 0.1) is 0 Å². The Morgan fingerprint density at radius 3 is 2.05 bits per heavy atom. The van der Waals surface area contributed by atoms with E-state index in [4.69, 9.17) is 5.21 Å². The van der Waals surface area contributed by atoms with Gasteiger partial charge in [-0.25, -0.2) is 13.9 Å². The summed E-state index contributed by atoms with van der Waals surface area (Å²) < 4.78 is 22.2. The first-order valence-corrected chi connectivity index (χ1v) is 8.68. The normalized spacial score (nSPS) is 23.2. The van der Waals surface area contributed by atoms with Crippen molar-refractivity contribution < 1.29 is 18.4 Å². The Morgan fingerprint density at radius 2 is 1.74 bits per heavy atom. The number of hydrogen-bond acceptors (Lipinski definition) is 5. The number of hydrogen-bond donors (Lipinski definition) is 2. The van der Waals surface area contributed by atoms with E-state index in [1.165, 1.54) is 5.48 Å². The zero-order valence-corrected chi connectivity index (χ0v) is 12.7. The van der Waals surface area contributed by atoms with Crippen LogP contribution in [0.25, 0.3) is 0 Å². The number of carbonyl (C=O) groups excluding carboxylic acids is 1. The van der Waals surface area contributed by atoms with Crippen molar-refractivity contribution in [2.75, 3.05) is 19.3 Å². The van der Waals surface area contributed by atoms with Gasteiger partial charge in [-0.1, -0.05) is 13.8 Å². The molecule has 1 saturated heterocycles. The van der Waals surface area contributed by atoms with Crippen molar-refractivity contribution in [3.63, 3.8) is 0 Å². The molecule has 1 aliphatic carbocycles. The van der Waals surface area contributed by atoms with E-state index in [2.05, 4.69) is 4.90 Å². The van der Waals surface area contributed by atoms with Gasteiger partial charge in [-0.15, -0.1) is 0 Å². The van der Waals surface area contributed by atoms with Gasteiger partial charge in [-0.3, -0.25) is 10.0 Å². The van der Waals surface area contributed by atoms with Crippen LogP contribution in [-0.4, -0.2) is 54.6 Å². The van der Waals surface area contributed by atoms with Crippen LogP contribution in [0.4, 0.5) is 0 Å². The van der Waals surface area contributed by atoms with Gasteiger partial charge < -0.3 is 4.90 Å². The molecule has 19 heavy (non-hydrogen) atoms. The summed E-state index contributed by atoms with van der Waals surface area (Å²) in [7, 11) is -3.53. The number of rotatable bonds is 3. The van der Waals surface area contributed by atoms with Crippen molar-refractivity contribution >= 4 is 15.7 Å². The first-order chi connectivity index (χ1) is 8.90. The van der Waals surface area contributed by atoms with Crippen LogP contribution in [0.2, 0.25) is 0 Å². The summed E-state index contributed by atoms with van der Waals surface area (Å²) in [5, 5.41) is 8.73. The fourth-order valence-electron chi connectivity index (χ4n) is 2.56. The van der Waals surface area contributed by atoms with Crippen molar-refractivity contribution in [2.45, 2.75) is 50.3 Å². The van der Waals surface area contributed by atoms with Crippen molar-refractivity contribution in [1.29, 1.82) is 0 Å². The maximum Gasteiger partial charge on any atom is 0.264 e. The number of carbonyl (C=O) groups is 1. The molecule has 0 aromatic heterocycles. The average Bonchev–Trinajstić information content (AvgIpc) is 3.23. The van der Waals surface area contributed by atoms with Crippen LogP contribution in [0.15, 0.2) is 0 Å². The lowest BCUT2D eigenvalue weighted by Gasteiger charge is -2.38. The van der Waals surface area contributed by atoms with Gasteiger partial charge in [0.25, 0.3) is 5.91 Å². The summed E-state index contributed by atoms with van der Waals surface area (Å²) >= 11 is 0. The van der Waals surface area contributed by atoms with E-state index in [1.807, 2.05) is 13.8 Å². The Labute approximate surface area is 115 Å². The molecular formula is C12H24N2O4S. The quantitative estimate of drug-likeness (QED) is 0.586. The molecule has 6 nitrogen and oxygen atoms in total. The third kappa shape index (κ3) is 3.27. The Balaban J connectivity index is 0.000000861. The summed E-state index contributed by atoms with van der Waals surface area (Å²) in [5.74, 6) is -0.796. The highest BCUT2D eigenvalue weighted by molar-refractivity contribution is 7.92. The van der Waals surface area contributed by atoms with E-state index in [-0.39, 0.29) is 12.8 Å². The van der Waals surface area contributed by atoms with Crippen LogP contribution < -0.4 is 5.48 Å². The lowest BCUT2D eigenvalue weighted by Crippen LogP contribution is -2.57. The smallest absolute Gasteiger partial charge is 0.264 e. The largest absolute Gasteiger partial charge is 0.300 e. The third-order valence-electron chi connectivity index (χ3n) is 3.89. The Bertz CT molecular complexity index is 409. The number of amides is 1. The molecule has 0 bridgehead atoms. The maximum absolute atomic E-state index is 11.8. The van der Waals surface area contributed by atoms with Gasteiger partial charge in [-0.2, -0.15) is 0 Å². The highest BCUT2D eigenvalue weighted by atomic mass is 32.2. The second-order valence-electron chi connectivity index (χ2n) is 4.97. The zero-order valence-electron chi connectivity index (χ0n) is 11.8. The topological polar surface area (TPSA) is 86.7 Å². The molecule has 0 radical (unpaired) electrons. The van der Waals surface area contributed by atoms with E-state index in [0.29, 0.717) is 19.1 Å². The van der Waals surface area contributed by atoms with Crippen molar-refractivity contribution in [3.05, 3.63) is 0 Å². The molecule has 1 heterocycles. The van der Waals surface area contributed by atoms with Crippen LogP contribution in [-0.2, 0) is 14.6 Å². The summed E-state index contributed by atoms with van der Waals surface area (Å²) in [6.45, 7) is 5.20. The first-order valence-electron chi connectivity index (χ1n) is 6.79. The highest BCUT2D eigenvalue weighted by Crippen LogP contribution is 2.35. The predicted octanol–water partition coefficient (Wildman–Crippen LogP) is 0.560. The molecule has 2 fully saturated rings. The average molecular weight is 292 g/mol. The minimum Gasteiger partial charge on any atom is -0.300 e. The second-order valence-corrected chi connectivity index (χ2v) is 7.30. The van der Waals surface area contributed by atoms with Crippen LogP contribution in [0.1, 0.15) is 39.5 Å². The molecule has 0 aromatic rings. The second kappa shape index (κ2) is 6.19. The van der Waals surface area contributed by atoms with E-state index in [1.54, 1.807) is 0 Å². The molecule has 0 unspecified atom stereocenters. The van der Waals surface area contributed by atoms with Crippen molar-refractivity contribution in [3.8, 4) is 0 Å². The number of hydroxylamine groups is 1. The molecule has 1 saturated carbocycles. The molecule has 0 aromatic carbocycles. The number of likely N-dealkylation sites (tertiary alicyclic amines) is 1. The van der Waals surface area contributed by atoms with Crippen molar-refractivity contribution in [1.82, 2.24) is 10.4 Å². The zero-order chi connectivity index (χ0) is 14.7. The Hall–Kier alpha value is -0.660. The lowest BCUT2D eigenvalue weighted by atomic mass is 9.95. The summed E-state index contributed by atoms with van der Waals surface area (Å²) in [5.41, 5.74) is 1.51. The van der Waals surface area contributed by atoms with Gasteiger partial charge in [0, 0.05) is 25.4 Å². The van der Waals surface area contributed by atoms with Gasteiger partial charge in [0.15, 0.2) is 14.6 Å². The molecular weight excluding hydrogens is 268 g/mol. The van der Waals surface area contributed by atoms with E-state index < -0.39 is 20.5 Å². The van der Waals surface area contributed by atoms with Crippen LogP contribution in [0.3, 0.4) is 0 Å². The molecule has 2 rings (SSSR count). The Kier molecular flexibility index (Phi) is 5.34. The molecule has 1 amide bonds. The lowest BCUT2D eigenvalue weighted by molar-refractivity contribution is -0.133. The summed E-state index contributed by atoms with van der Waals surface area (Å²) in [4.78, 5) is 13.9. The molecule has 1 aliphatic heterocycles. The minimum absolute atomic E-state index is 0.259. The predicted molar refractivity (Wildman–Crippen MR) is 72.7 cm³/mol. The SMILES string of the molecule is CC.CS(=O)(=O)C1(C(=O)NO)CCN(C2CC2)CC1. The number of piperidine rings is 1. The number of sulfone groups is 1. The van der Waals surface area contributed by atoms with Gasteiger partial charge in [0.2, 0.25) is 0 Å². The fraction of sp³-hybridized carbons (Fsp3) is 0.917. The number of nitrogens with one attached hydrogen (secondary N) is 1. The van der Waals surface area contributed by atoms with Gasteiger partial charge in [-0.05, 0) is 25.7 Å². The summed E-state index contributed by atoms with van der Waals surface area (Å²) in [6.07, 6.45) is 3.91. The van der Waals surface area contributed by atoms with E-state index in [0.717, 1.165) is 19.1 Å². The third-order valence-corrected chi connectivity index (χ3v) is 5.91.